The van der Waals surface area contributed by atoms with Gasteiger partial charge in [-0.1, -0.05) is 48.5 Å². The van der Waals surface area contributed by atoms with Gasteiger partial charge in [-0.2, -0.15) is 0 Å². The van der Waals surface area contributed by atoms with Crippen LogP contribution < -0.4 is 0 Å². The number of ketones is 1. The Labute approximate surface area is 160 Å². The minimum Gasteiger partial charge on any atom is -0.465 e. The van der Waals surface area contributed by atoms with Gasteiger partial charge in [0.25, 0.3) is 0 Å². The molecule has 0 aliphatic carbocycles. The summed E-state index contributed by atoms with van der Waals surface area (Å²) in [4.78, 5) is 29.3. The SMILES string of the molecule is COC(=O)c1ccc(C(=O)c2ccccc2-c2nc3ccccc3s2)cc1. The molecule has 0 aliphatic heterocycles. The number of carbonyl (C=O) groups excluding carboxylic acids is 2. The van der Waals surface area contributed by atoms with Gasteiger partial charge < -0.3 is 4.74 Å². The highest BCUT2D eigenvalue weighted by Gasteiger charge is 2.17. The van der Waals surface area contributed by atoms with Crippen molar-refractivity contribution in [1.82, 2.24) is 4.98 Å². The predicted molar refractivity (Wildman–Crippen MR) is 106 cm³/mol. The number of ether oxygens (including phenoxy) is 1. The number of hydrogen-bond acceptors (Lipinski definition) is 5. The van der Waals surface area contributed by atoms with Crippen LogP contribution in [0.3, 0.4) is 0 Å². The average molecular weight is 373 g/mol. The molecule has 5 heteroatoms. The molecule has 0 radical (unpaired) electrons. The van der Waals surface area contributed by atoms with Gasteiger partial charge >= 0.3 is 5.97 Å². The van der Waals surface area contributed by atoms with Crippen molar-refractivity contribution < 1.29 is 14.3 Å². The fourth-order valence-corrected chi connectivity index (χ4v) is 3.89. The van der Waals surface area contributed by atoms with E-state index in [1.165, 1.54) is 7.11 Å². The Morgan fingerprint density at radius 2 is 1.52 bits per heavy atom. The molecule has 3 aromatic carbocycles. The Morgan fingerprint density at radius 1 is 0.852 bits per heavy atom. The Hall–Kier alpha value is -3.31. The zero-order valence-corrected chi connectivity index (χ0v) is 15.3. The van der Waals surface area contributed by atoms with Crippen LogP contribution in [0.2, 0.25) is 0 Å². The van der Waals surface area contributed by atoms with Gasteiger partial charge in [0.05, 0.1) is 22.9 Å². The third kappa shape index (κ3) is 3.25. The molecule has 4 rings (SSSR count). The topological polar surface area (TPSA) is 56.3 Å². The van der Waals surface area contributed by atoms with E-state index in [4.69, 9.17) is 4.74 Å². The summed E-state index contributed by atoms with van der Waals surface area (Å²) in [5.41, 5.74) is 3.23. The van der Waals surface area contributed by atoms with Crippen LogP contribution in [-0.4, -0.2) is 23.8 Å². The van der Waals surface area contributed by atoms with Gasteiger partial charge in [0.2, 0.25) is 0 Å². The summed E-state index contributed by atoms with van der Waals surface area (Å²) in [6.45, 7) is 0. The summed E-state index contributed by atoms with van der Waals surface area (Å²) < 4.78 is 5.78. The number of thiazole rings is 1. The Kier molecular flexibility index (Phi) is 4.52. The van der Waals surface area contributed by atoms with Crippen LogP contribution in [0.25, 0.3) is 20.8 Å². The number of nitrogens with zero attached hydrogens (tertiary/aromatic N) is 1. The summed E-state index contributed by atoms with van der Waals surface area (Å²) in [5, 5.41) is 0.811. The molecule has 0 saturated heterocycles. The van der Waals surface area contributed by atoms with Gasteiger partial charge in [0.15, 0.2) is 5.78 Å². The van der Waals surface area contributed by atoms with E-state index >= 15 is 0 Å². The molecule has 132 valence electrons. The minimum absolute atomic E-state index is 0.110. The number of para-hydroxylation sites is 1. The number of benzene rings is 3. The van der Waals surface area contributed by atoms with E-state index < -0.39 is 5.97 Å². The molecule has 0 atom stereocenters. The zero-order chi connectivity index (χ0) is 18.8. The molecular formula is C22H15NO3S. The van der Waals surface area contributed by atoms with Gasteiger partial charge in [-0.15, -0.1) is 11.3 Å². The fraction of sp³-hybridized carbons (Fsp3) is 0.0455. The van der Waals surface area contributed by atoms with E-state index in [9.17, 15) is 9.59 Å². The second-order valence-corrected chi connectivity index (χ2v) is 6.96. The number of aromatic nitrogens is 1. The van der Waals surface area contributed by atoms with Crippen molar-refractivity contribution in [3.8, 4) is 10.6 Å². The standard InChI is InChI=1S/C22H15NO3S/c1-26-22(25)15-12-10-14(11-13-15)20(24)16-6-2-3-7-17(16)21-23-18-8-4-5-9-19(18)27-21/h2-13H,1H3. The van der Waals surface area contributed by atoms with E-state index in [2.05, 4.69) is 4.98 Å². The molecule has 27 heavy (non-hydrogen) atoms. The molecule has 0 fully saturated rings. The van der Waals surface area contributed by atoms with Gasteiger partial charge in [-0.3, -0.25) is 4.79 Å². The van der Waals surface area contributed by atoms with Crippen molar-refractivity contribution >= 4 is 33.3 Å². The van der Waals surface area contributed by atoms with E-state index in [1.54, 1.807) is 41.7 Å². The van der Waals surface area contributed by atoms with Crippen molar-refractivity contribution in [2.75, 3.05) is 7.11 Å². The highest BCUT2D eigenvalue weighted by molar-refractivity contribution is 7.21. The normalized spacial score (nSPS) is 10.7. The Balaban J connectivity index is 1.74. The maximum atomic E-state index is 13.1. The molecular weight excluding hydrogens is 358 g/mol. The van der Waals surface area contributed by atoms with Gasteiger partial charge in [0.1, 0.15) is 5.01 Å². The summed E-state index contributed by atoms with van der Waals surface area (Å²) in [7, 11) is 1.33. The number of rotatable bonds is 4. The average Bonchev–Trinajstić information content (AvgIpc) is 3.17. The lowest BCUT2D eigenvalue weighted by molar-refractivity contribution is 0.0600. The Morgan fingerprint density at radius 3 is 2.26 bits per heavy atom. The van der Waals surface area contributed by atoms with Crippen molar-refractivity contribution in [2.45, 2.75) is 0 Å². The second-order valence-electron chi connectivity index (χ2n) is 5.93. The van der Waals surface area contributed by atoms with Crippen LogP contribution in [0, 0.1) is 0 Å². The smallest absolute Gasteiger partial charge is 0.337 e. The van der Waals surface area contributed by atoms with Crippen molar-refractivity contribution in [1.29, 1.82) is 0 Å². The van der Waals surface area contributed by atoms with Crippen LogP contribution in [0.4, 0.5) is 0 Å². The number of hydrogen-bond donors (Lipinski definition) is 0. The quantitative estimate of drug-likeness (QED) is 0.374. The molecule has 0 spiro atoms. The Bertz CT molecular complexity index is 1110. The number of methoxy groups -OCH3 is 1. The molecule has 0 unspecified atom stereocenters. The summed E-state index contributed by atoms with van der Waals surface area (Å²) in [6.07, 6.45) is 0. The van der Waals surface area contributed by atoms with E-state index in [1.807, 2.05) is 42.5 Å². The number of fused-ring (bicyclic) bond motifs is 1. The third-order valence-corrected chi connectivity index (χ3v) is 5.33. The zero-order valence-electron chi connectivity index (χ0n) is 14.5. The first kappa shape index (κ1) is 17.1. The maximum Gasteiger partial charge on any atom is 0.337 e. The summed E-state index contributed by atoms with van der Waals surface area (Å²) >= 11 is 1.56. The first-order chi connectivity index (χ1) is 13.2. The van der Waals surface area contributed by atoms with Crippen LogP contribution >= 0.6 is 11.3 Å². The lowest BCUT2D eigenvalue weighted by Crippen LogP contribution is -2.05. The lowest BCUT2D eigenvalue weighted by atomic mass is 9.98. The van der Waals surface area contributed by atoms with E-state index in [0.29, 0.717) is 16.7 Å². The second kappa shape index (κ2) is 7.13. The van der Waals surface area contributed by atoms with Crippen LogP contribution in [0.5, 0.6) is 0 Å². The van der Waals surface area contributed by atoms with Crippen molar-refractivity contribution in [3.63, 3.8) is 0 Å². The van der Waals surface area contributed by atoms with Gasteiger partial charge in [-0.25, -0.2) is 9.78 Å². The van der Waals surface area contributed by atoms with E-state index in [0.717, 1.165) is 20.8 Å². The third-order valence-electron chi connectivity index (χ3n) is 4.26. The molecule has 0 aliphatic rings. The number of carbonyl (C=O) groups is 2. The van der Waals surface area contributed by atoms with Crippen LogP contribution in [-0.2, 0) is 4.74 Å². The molecule has 0 amide bonds. The van der Waals surface area contributed by atoms with Crippen molar-refractivity contribution in [3.05, 3.63) is 89.5 Å². The maximum absolute atomic E-state index is 13.1. The van der Waals surface area contributed by atoms with Gasteiger partial charge in [0, 0.05) is 16.7 Å². The predicted octanol–water partition coefficient (Wildman–Crippen LogP) is 4.98. The highest BCUT2D eigenvalue weighted by Crippen LogP contribution is 2.33. The summed E-state index contributed by atoms with van der Waals surface area (Å²) in [5.74, 6) is -0.537. The van der Waals surface area contributed by atoms with Crippen LogP contribution in [0.15, 0.2) is 72.8 Å². The molecule has 1 heterocycles. The minimum atomic E-state index is -0.427. The fourth-order valence-electron chi connectivity index (χ4n) is 2.89. The number of esters is 1. The van der Waals surface area contributed by atoms with Crippen LogP contribution in [0.1, 0.15) is 26.3 Å². The summed E-state index contributed by atoms with van der Waals surface area (Å²) in [6, 6.07) is 21.8. The van der Waals surface area contributed by atoms with Gasteiger partial charge in [-0.05, 0) is 24.3 Å². The molecule has 0 saturated carbocycles. The molecule has 4 aromatic rings. The first-order valence-corrected chi connectivity index (χ1v) is 9.17. The first-order valence-electron chi connectivity index (χ1n) is 8.35. The monoisotopic (exact) mass is 373 g/mol. The highest BCUT2D eigenvalue weighted by atomic mass is 32.1. The largest absolute Gasteiger partial charge is 0.465 e. The van der Waals surface area contributed by atoms with E-state index in [-0.39, 0.29) is 5.78 Å². The molecule has 4 nitrogen and oxygen atoms in total. The lowest BCUT2D eigenvalue weighted by Gasteiger charge is -2.07. The molecule has 0 bridgehead atoms. The van der Waals surface area contributed by atoms with Crippen molar-refractivity contribution in [2.24, 2.45) is 0 Å². The molecule has 1 aromatic heterocycles. The molecule has 0 N–H and O–H groups in total.